The Kier molecular flexibility index (Phi) is 3.89. The molecule has 1 aromatic heterocycles. The zero-order chi connectivity index (χ0) is 13.1. The van der Waals surface area contributed by atoms with Crippen molar-refractivity contribution in [2.75, 3.05) is 0 Å². The van der Waals surface area contributed by atoms with E-state index in [1.165, 1.54) is 15.8 Å². The lowest BCUT2D eigenvalue weighted by Crippen LogP contribution is -2.16. The third-order valence-corrected chi connectivity index (χ3v) is 4.02. The Morgan fingerprint density at radius 3 is 2.56 bits per heavy atom. The van der Waals surface area contributed by atoms with Crippen LogP contribution in [0.25, 0.3) is 0 Å². The lowest BCUT2D eigenvalue weighted by atomic mass is 10.2. The number of benzene rings is 1. The Labute approximate surface area is 111 Å². The van der Waals surface area contributed by atoms with Crippen molar-refractivity contribution in [3.63, 3.8) is 0 Å². The van der Waals surface area contributed by atoms with Crippen molar-refractivity contribution in [2.24, 2.45) is 0 Å². The van der Waals surface area contributed by atoms with Crippen molar-refractivity contribution in [2.45, 2.75) is 26.4 Å². The summed E-state index contributed by atoms with van der Waals surface area (Å²) in [6, 6.07) is 9.41. The second-order valence-corrected chi connectivity index (χ2v) is 5.69. The van der Waals surface area contributed by atoms with E-state index in [9.17, 15) is 10.2 Å². The van der Waals surface area contributed by atoms with Gasteiger partial charge in [0.2, 0.25) is 0 Å². The number of aromatic hydroxyl groups is 2. The molecule has 0 amide bonds. The van der Waals surface area contributed by atoms with Crippen LogP contribution >= 0.6 is 11.3 Å². The van der Waals surface area contributed by atoms with E-state index >= 15 is 0 Å². The molecular formula is C14H17NO2S. The summed E-state index contributed by atoms with van der Waals surface area (Å²) in [7, 11) is 0. The minimum Gasteiger partial charge on any atom is -0.504 e. The molecule has 2 rings (SSSR count). The summed E-state index contributed by atoms with van der Waals surface area (Å²) >= 11 is 1.78. The molecule has 1 unspecified atom stereocenters. The highest BCUT2D eigenvalue weighted by Gasteiger charge is 2.07. The number of aryl methyl sites for hydroxylation is 1. The molecule has 1 atom stereocenters. The number of hydrogen-bond donors (Lipinski definition) is 3. The Morgan fingerprint density at radius 2 is 1.94 bits per heavy atom. The monoisotopic (exact) mass is 263 g/mol. The van der Waals surface area contributed by atoms with Crippen LogP contribution in [-0.2, 0) is 6.54 Å². The Balaban J connectivity index is 1.97. The van der Waals surface area contributed by atoms with Crippen molar-refractivity contribution in [1.82, 2.24) is 5.32 Å². The van der Waals surface area contributed by atoms with Gasteiger partial charge in [-0.25, -0.2) is 0 Å². The van der Waals surface area contributed by atoms with Gasteiger partial charge >= 0.3 is 0 Å². The van der Waals surface area contributed by atoms with Gasteiger partial charge in [-0.05, 0) is 43.7 Å². The van der Waals surface area contributed by atoms with Gasteiger partial charge in [0.1, 0.15) is 0 Å². The minimum absolute atomic E-state index is 0.0751. The third kappa shape index (κ3) is 3.03. The average molecular weight is 263 g/mol. The molecule has 1 aromatic carbocycles. The first-order chi connectivity index (χ1) is 8.56. The largest absolute Gasteiger partial charge is 0.504 e. The molecule has 0 aliphatic heterocycles. The first-order valence-corrected chi connectivity index (χ1v) is 6.68. The third-order valence-electron chi connectivity index (χ3n) is 2.84. The van der Waals surface area contributed by atoms with Gasteiger partial charge in [-0.15, -0.1) is 11.3 Å². The Bertz CT molecular complexity index is 536. The van der Waals surface area contributed by atoms with Crippen LogP contribution in [-0.4, -0.2) is 10.2 Å². The molecular weight excluding hydrogens is 246 g/mol. The molecule has 2 aromatic rings. The van der Waals surface area contributed by atoms with Gasteiger partial charge in [0.15, 0.2) is 11.5 Å². The van der Waals surface area contributed by atoms with Crippen LogP contribution in [0.3, 0.4) is 0 Å². The second kappa shape index (κ2) is 5.42. The number of phenols is 2. The fourth-order valence-corrected chi connectivity index (χ4v) is 2.64. The van der Waals surface area contributed by atoms with Crippen LogP contribution in [0.4, 0.5) is 0 Å². The quantitative estimate of drug-likeness (QED) is 0.742. The number of thiophene rings is 1. The highest BCUT2D eigenvalue weighted by Crippen LogP contribution is 2.26. The summed E-state index contributed by atoms with van der Waals surface area (Å²) in [4.78, 5) is 2.61. The maximum Gasteiger partial charge on any atom is 0.157 e. The lowest BCUT2D eigenvalue weighted by Gasteiger charge is -2.12. The Morgan fingerprint density at radius 1 is 1.17 bits per heavy atom. The predicted octanol–water partition coefficient (Wildman–Crippen LogP) is 3.32. The summed E-state index contributed by atoms with van der Waals surface area (Å²) in [6.07, 6.45) is 0. The van der Waals surface area contributed by atoms with Crippen molar-refractivity contribution >= 4 is 11.3 Å². The smallest absolute Gasteiger partial charge is 0.157 e. The minimum atomic E-state index is -0.0827. The normalized spacial score (nSPS) is 12.6. The highest BCUT2D eigenvalue weighted by molar-refractivity contribution is 7.12. The summed E-state index contributed by atoms with van der Waals surface area (Å²) in [5.41, 5.74) is 0.949. The van der Waals surface area contributed by atoms with Crippen LogP contribution in [0.2, 0.25) is 0 Å². The van der Waals surface area contributed by atoms with Gasteiger partial charge in [-0.2, -0.15) is 0 Å². The molecule has 0 saturated heterocycles. The standard InChI is InChI=1S/C14H17NO2S/c1-9-3-6-14(18-9)10(2)15-8-11-4-5-12(16)13(17)7-11/h3-7,10,15-17H,8H2,1-2H3. The zero-order valence-corrected chi connectivity index (χ0v) is 11.3. The average Bonchev–Trinajstić information content (AvgIpc) is 2.77. The highest BCUT2D eigenvalue weighted by atomic mass is 32.1. The van der Waals surface area contributed by atoms with Crippen LogP contribution < -0.4 is 5.32 Å². The lowest BCUT2D eigenvalue weighted by molar-refractivity contribution is 0.402. The molecule has 3 nitrogen and oxygen atoms in total. The molecule has 0 aliphatic carbocycles. The number of rotatable bonds is 4. The van der Waals surface area contributed by atoms with E-state index < -0.39 is 0 Å². The molecule has 0 saturated carbocycles. The van der Waals surface area contributed by atoms with Crippen LogP contribution in [0.5, 0.6) is 11.5 Å². The van der Waals surface area contributed by atoms with Gasteiger partial charge in [0.05, 0.1) is 0 Å². The topological polar surface area (TPSA) is 52.5 Å². The SMILES string of the molecule is Cc1ccc(C(C)NCc2ccc(O)c(O)c2)s1. The molecule has 0 spiro atoms. The van der Waals surface area contributed by atoms with Crippen LogP contribution in [0.15, 0.2) is 30.3 Å². The van der Waals surface area contributed by atoms with Crippen LogP contribution in [0, 0.1) is 6.92 Å². The van der Waals surface area contributed by atoms with Gasteiger partial charge in [-0.1, -0.05) is 6.07 Å². The number of nitrogens with one attached hydrogen (secondary N) is 1. The van der Waals surface area contributed by atoms with Crippen molar-refractivity contribution in [3.05, 3.63) is 45.6 Å². The molecule has 1 heterocycles. The van der Waals surface area contributed by atoms with Gasteiger partial charge in [-0.3, -0.25) is 0 Å². The first kappa shape index (κ1) is 12.9. The van der Waals surface area contributed by atoms with E-state index in [0.29, 0.717) is 6.54 Å². The van der Waals surface area contributed by atoms with Crippen molar-refractivity contribution in [3.8, 4) is 11.5 Å². The van der Waals surface area contributed by atoms with E-state index in [1.807, 2.05) is 0 Å². The Hall–Kier alpha value is -1.52. The molecule has 0 fully saturated rings. The fourth-order valence-electron chi connectivity index (χ4n) is 1.74. The van der Waals surface area contributed by atoms with Crippen LogP contribution in [0.1, 0.15) is 28.3 Å². The zero-order valence-electron chi connectivity index (χ0n) is 10.5. The summed E-state index contributed by atoms with van der Waals surface area (Å²) in [6.45, 7) is 4.87. The second-order valence-electron chi connectivity index (χ2n) is 4.37. The molecule has 0 bridgehead atoms. The molecule has 0 aliphatic rings. The predicted molar refractivity (Wildman–Crippen MR) is 74.1 cm³/mol. The molecule has 96 valence electrons. The van der Waals surface area contributed by atoms with Gasteiger partial charge in [0, 0.05) is 22.3 Å². The fraction of sp³-hybridized carbons (Fsp3) is 0.286. The van der Waals surface area contributed by atoms with E-state index in [1.54, 1.807) is 23.5 Å². The first-order valence-electron chi connectivity index (χ1n) is 5.87. The maximum atomic E-state index is 9.41. The van der Waals surface area contributed by atoms with Crippen molar-refractivity contribution < 1.29 is 10.2 Å². The van der Waals surface area contributed by atoms with E-state index in [-0.39, 0.29) is 17.5 Å². The summed E-state index contributed by atoms with van der Waals surface area (Å²) < 4.78 is 0. The van der Waals surface area contributed by atoms with Crippen molar-refractivity contribution in [1.29, 1.82) is 0 Å². The van der Waals surface area contributed by atoms with E-state index in [4.69, 9.17) is 0 Å². The van der Waals surface area contributed by atoms with Gasteiger partial charge < -0.3 is 15.5 Å². The van der Waals surface area contributed by atoms with Gasteiger partial charge in [0.25, 0.3) is 0 Å². The summed E-state index contributed by atoms with van der Waals surface area (Å²) in [5.74, 6) is -0.158. The van der Waals surface area contributed by atoms with E-state index in [2.05, 4.69) is 31.3 Å². The van der Waals surface area contributed by atoms with E-state index in [0.717, 1.165) is 5.56 Å². The number of phenolic OH excluding ortho intramolecular Hbond substituents is 2. The number of hydrogen-bond acceptors (Lipinski definition) is 4. The summed E-state index contributed by atoms with van der Waals surface area (Å²) in [5, 5.41) is 22.0. The maximum absolute atomic E-state index is 9.41. The molecule has 4 heteroatoms. The molecule has 0 radical (unpaired) electrons. The molecule has 18 heavy (non-hydrogen) atoms. The molecule has 3 N–H and O–H groups in total.